The Morgan fingerprint density at radius 3 is 2.65 bits per heavy atom. The molecule has 3 rings (SSSR count). The fraction of sp³-hybridized carbons (Fsp3) is 0.176. The Kier molecular flexibility index (Phi) is 5.26. The highest BCUT2D eigenvalue weighted by Crippen LogP contribution is 2.27. The normalized spacial score (nSPS) is 11.5. The first-order valence-corrected chi connectivity index (χ1v) is 9.58. The van der Waals surface area contributed by atoms with Crippen molar-refractivity contribution < 1.29 is 13.2 Å². The van der Waals surface area contributed by atoms with Gasteiger partial charge in [-0.1, -0.05) is 29.8 Å². The quantitative estimate of drug-likeness (QED) is 0.693. The molecule has 0 aliphatic heterocycles. The Morgan fingerprint density at radius 1 is 1.19 bits per heavy atom. The van der Waals surface area contributed by atoms with Crippen molar-refractivity contribution in [3.63, 3.8) is 0 Å². The summed E-state index contributed by atoms with van der Waals surface area (Å²) in [5, 5.41) is 7.61. The minimum atomic E-state index is -3.94. The second-order valence-corrected chi connectivity index (χ2v) is 7.64. The number of hydrogen-bond donors (Lipinski definition) is 1. The average molecular weight is 393 g/mol. The molecule has 0 radical (unpaired) electrons. The Hall–Kier alpha value is -2.42. The minimum Gasteiger partial charge on any atom is -0.481 e. The largest absolute Gasteiger partial charge is 0.481 e. The molecule has 7 nitrogen and oxygen atoms in total. The highest BCUT2D eigenvalue weighted by molar-refractivity contribution is 7.91. The van der Waals surface area contributed by atoms with Gasteiger partial charge in [0.2, 0.25) is 15.7 Å². The Morgan fingerprint density at radius 2 is 1.96 bits per heavy atom. The van der Waals surface area contributed by atoms with Crippen molar-refractivity contribution in [1.82, 2.24) is 20.1 Å². The van der Waals surface area contributed by atoms with Crippen LogP contribution in [0.15, 0.2) is 58.6 Å². The molecule has 3 aromatic rings. The zero-order valence-corrected chi connectivity index (χ0v) is 15.8. The number of pyridine rings is 1. The highest BCUT2D eigenvalue weighted by Gasteiger charge is 2.27. The van der Waals surface area contributed by atoms with Gasteiger partial charge in [0.05, 0.1) is 23.5 Å². The first-order valence-electron chi connectivity index (χ1n) is 7.72. The molecule has 1 aromatic carbocycles. The monoisotopic (exact) mass is 392 g/mol. The molecular weight excluding hydrogens is 376 g/mol. The van der Waals surface area contributed by atoms with Gasteiger partial charge in [0.1, 0.15) is 0 Å². The van der Waals surface area contributed by atoms with Gasteiger partial charge in [-0.3, -0.25) is 0 Å². The van der Waals surface area contributed by atoms with E-state index in [1.807, 2.05) is 0 Å². The number of nitrogens with one attached hydrogen (secondary N) is 1. The van der Waals surface area contributed by atoms with E-state index in [-0.39, 0.29) is 15.9 Å². The van der Waals surface area contributed by atoms with Crippen LogP contribution in [-0.2, 0) is 16.4 Å². The second-order valence-electron chi connectivity index (χ2n) is 5.39. The molecule has 2 heterocycles. The lowest BCUT2D eigenvalue weighted by Crippen LogP contribution is -2.12. The molecule has 136 valence electrons. The van der Waals surface area contributed by atoms with Crippen LogP contribution in [0.4, 0.5) is 0 Å². The van der Waals surface area contributed by atoms with E-state index in [0.29, 0.717) is 22.9 Å². The van der Waals surface area contributed by atoms with Gasteiger partial charge in [-0.15, -0.1) is 0 Å². The molecule has 9 heteroatoms. The van der Waals surface area contributed by atoms with Crippen molar-refractivity contribution in [2.24, 2.45) is 0 Å². The third-order valence-electron chi connectivity index (χ3n) is 3.62. The molecule has 0 bridgehead atoms. The summed E-state index contributed by atoms with van der Waals surface area (Å²) in [4.78, 5) is 4.05. The number of hydrogen-bond acceptors (Lipinski definition) is 6. The van der Waals surface area contributed by atoms with Crippen LogP contribution >= 0.6 is 11.6 Å². The van der Waals surface area contributed by atoms with E-state index in [1.54, 1.807) is 43.4 Å². The van der Waals surface area contributed by atoms with Crippen molar-refractivity contribution in [3.8, 4) is 11.6 Å². The number of nitrogens with zero attached hydrogens (tertiary/aromatic N) is 3. The summed E-state index contributed by atoms with van der Waals surface area (Å²) in [5.41, 5.74) is 1.03. The molecule has 0 saturated carbocycles. The van der Waals surface area contributed by atoms with Crippen LogP contribution in [0.5, 0.6) is 5.88 Å². The number of halogens is 1. The SMILES string of the molecule is CNCc1cc(S(=O)(=O)c2cccc(OC)n2)n(-c2ccccc2Cl)n1. The van der Waals surface area contributed by atoms with Crippen LogP contribution in [-0.4, -0.2) is 37.3 Å². The van der Waals surface area contributed by atoms with Crippen LogP contribution < -0.4 is 10.1 Å². The summed E-state index contributed by atoms with van der Waals surface area (Å²) < 4.78 is 32.7. The zero-order chi connectivity index (χ0) is 18.7. The third kappa shape index (κ3) is 3.44. The zero-order valence-electron chi connectivity index (χ0n) is 14.2. The van der Waals surface area contributed by atoms with Crippen LogP contribution in [0.2, 0.25) is 5.02 Å². The topological polar surface area (TPSA) is 86.1 Å². The van der Waals surface area contributed by atoms with Crippen LogP contribution in [0.1, 0.15) is 5.69 Å². The number of benzene rings is 1. The summed E-state index contributed by atoms with van der Waals surface area (Å²) in [6, 6.07) is 13.0. The van der Waals surface area contributed by atoms with Crippen molar-refractivity contribution in [2.75, 3.05) is 14.2 Å². The predicted molar refractivity (Wildman–Crippen MR) is 97.6 cm³/mol. The van der Waals surface area contributed by atoms with Gasteiger partial charge >= 0.3 is 0 Å². The summed E-state index contributed by atoms with van der Waals surface area (Å²) in [6.45, 7) is 0.408. The van der Waals surface area contributed by atoms with Crippen molar-refractivity contribution in [3.05, 3.63) is 59.2 Å². The fourth-order valence-electron chi connectivity index (χ4n) is 2.43. The summed E-state index contributed by atoms with van der Waals surface area (Å²) in [5.74, 6) is 0.213. The molecule has 2 aromatic heterocycles. The molecule has 1 N–H and O–H groups in total. The van der Waals surface area contributed by atoms with E-state index in [0.717, 1.165) is 0 Å². The van der Waals surface area contributed by atoms with E-state index in [2.05, 4.69) is 15.4 Å². The molecule has 0 fully saturated rings. The van der Waals surface area contributed by atoms with Crippen molar-refractivity contribution in [2.45, 2.75) is 16.6 Å². The standard InChI is InChI=1S/C17H17ClN4O3S/c1-19-11-12-10-17(22(21-12)14-7-4-3-6-13(14)18)26(23,24)16-9-5-8-15(20-16)25-2/h3-10,19H,11H2,1-2H3. The van der Waals surface area contributed by atoms with E-state index in [4.69, 9.17) is 16.3 Å². The predicted octanol–water partition coefficient (Wildman–Crippen LogP) is 2.48. The molecule has 0 aliphatic carbocycles. The van der Waals surface area contributed by atoms with E-state index in [1.165, 1.54) is 23.9 Å². The number of ether oxygens (including phenoxy) is 1. The first kappa shape index (κ1) is 18.4. The van der Waals surface area contributed by atoms with Gasteiger partial charge < -0.3 is 10.1 Å². The molecule has 0 spiro atoms. The summed E-state index contributed by atoms with van der Waals surface area (Å²) >= 11 is 6.25. The van der Waals surface area contributed by atoms with Crippen LogP contribution in [0.25, 0.3) is 5.69 Å². The molecule has 26 heavy (non-hydrogen) atoms. The van der Waals surface area contributed by atoms with Gasteiger partial charge in [0.15, 0.2) is 10.1 Å². The summed E-state index contributed by atoms with van der Waals surface area (Å²) in [6.07, 6.45) is 0. The Labute approximate surface area is 156 Å². The van der Waals surface area contributed by atoms with Gasteiger partial charge in [0.25, 0.3) is 0 Å². The van der Waals surface area contributed by atoms with E-state index < -0.39 is 9.84 Å². The fourth-order valence-corrected chi connectivity index (χ4v) is 3.99. The maximum absolute atomic E-state index is 13.2. The lowest BCUT2D eigenvalue weighted by molar-refractivity contribution is 0.393. The van der Waals surface area contributed by atoms with Gasteiger partial charge in [-0.25, -0.2) is 18.1 Å². The maximum atomic E-state index is 13.2. The second kappa shape index (κ2) is 7.45. The molecular formula is C17H17ClN4O3S. The van der Waals surface area contributed by atoms with Crippen LogP contribution in [0.3, 0.4) is 0 Å². The lowest BCUT2D eigenvalue weighted by Gasteiger charge is -2.10. The lowest BCUT2D eigenvalue weighted by atomic mass is 10.3. The van der Waals surface area contributed by atoms with Gasteiger partial charge in [0, 0.05) is 18.7 Å². The number of aromatic nitrogens is 3. The summed E-state index contributed by atoms with van der Waals surface area (Å²) in [7, 11) is -0.757. The van der Waals surface area contributed by atoms with E-state index in [9.17, 15) is 8.42 Å². The molecule has 0 aliphatic rings. The van der Waals surface area contributed by atoms with E-state index >= 15 is 0 Å². The number of methoxy groups -OCH3 is 1. The Balaban J connectivity index is 2.21. The van der Waals surface area contributed by atoms with Crippen LogP contribution in [0, 0.1) is 0 Å². The first-order chi connectivity index (χ1) is 12.5. The molecule has 0 atom stereocenters. The molecule has 0 saturated heterocycles. The Bertz CT molecular complexity index is 1030. The molecule has 0 amide bonds. The number of rotatable bonds is 6. The highest BCUT2D eigenvalue weighted by atomic mass is 35.5. The van der Waals surface area contributed by atoms with Crippen molar-refractivity contribution in [1.29, 1.82) is 0 Å². The number of sulfone groups is 1. The number of para-hydroxylation sites is 1. The maximum Gasteiger partial charge on any atom is 0.241 e. The molecule has 0 unspecified atom stereocenters. The average Bonchev–Trinajstić information content (AvgIpc) is 3.07. The third-order valence-corrected chi connectivity index (χ3v) is 5.56. The smallest absolute Gasteiger partial charge is 0.241 e. The van der Waals surface area contributed by atoms with Gasteiger partial charge in [-0.05, 0) is 25.2 Å². The van der Waals surface area contributed by atoms with Gasteiger partial charge in [-0.2, -0.15) is 5.10 Å². The van der Waals surface area contributed by atoms with Crippen molar-refractivity contribution >= 4 is 21.4 Å². The minimum absolute atomic E-state index is 0.0170.